The zero-order valence-corrected chi connectivity index (χ0v) is 85.5. The van der Waals surface area contributed by atoms with Crippen LogP contribution in [0.5, 0.6) is 11.5 Å². The number of aromatic amines is 6. The summed E-state index contributed by atoms with van der Waals surface area (Å²) < 4.78 is 7.43. The van der Waals surface area contributed by atoms with Crippen LogP contribution in [0.4, 0.5) is 33.2 Å². The van der Waals surface area contributed by atoms with E-state index < -0.39 is 97.4 Å². The minimum Gasteiger partial charge on any atom is -0.506 e. The zero-order valence-electron chi connectivity index (χ0n) is 85.5. The number of benzene rings is 6. The molecule has 14 N–H and O–H groups in total. The number of aryl methyl sites for hydroxylation is 4. The predicted octanol–water partition coefficient (Wildman–Crippen LogP) is 18.0. The number of aromatic hydroxyl groups is 2. The number of ether oxygens (including phenoxy) is 1. The first-order valence-corrected chi connectivity index (χ1v) is 49.7. The van der Waals surface area contributed by atoms with E-state index in [-0.39, 0.29) is 28.3 Å². The van der Waals surface area contributed by atoms with E-state index in [0.717, 1.165) is 136 Å². The van der Waals surface area contributed by atoms with E-state index in [2.05, 4.69) is 94.2 Å². The van der Waals surface area contributed by atoms with Crippen molar-refractivity contribution in [1.29, 1.82) is 0 Å². The van der Waals surface area contributed by atoms with E-state index in [9.17, 15) is 77.6 Å². The average Bonchev–Trinajstić information content (AvgIpc) is 0.988. The molecule has 148 heavy (non-hydrogen) atoms. The second-order valence-corrected chi connectivity index (χ2v) is 36.2. The summed E-state index contributed by atoms with van der Waals surface area (Å²) in [4.78, 5) is 180. The van der Waals surface area contributed by atoms with Gasteiger partial charge in [-0.25, -0.2) is 33.6 Å². The summed E-state index contributed by atoms with van der Waals surface area (Å²) in [5.41, 5.74) is 12.6. The number of carboxylic acids is 6. The lowest BCUT2D eigenvalue weighted by Crippen LogP contribution is -2.50. The van der Waals surface area contributed by atoms with Crippen molar-refractivity contribution in [2.75, 3.05) is 103 Å². The number of hydrogen-bond donors (Lipinski definition) is 14. The highest BCUT2D eigenvalue weighted by Gasteiger charge is 2.30. The first-order valence-electron chi connectivity index (χ1n) is 49.7. The predicted molar refractivity (Wildman–Crippen MR) is 576 cm³/mol. The summed E-state index contributed by atoms with van der Waals surface area (Å²) in [6.45, 7) is 35.7. The first-order chi connectivity index (χ1) is 70.8. The number of rotatable bonds is 28. The number of nitrogens with one attached hydrogen (secondary N) is 6. The van der Waals surface area contributed by atoms with Crippen molar-refractivity contribution in [3.8, 4) is 84.7 Å². The number of aromatic nitrogens is 7. The van der Waals surface area contributed by atoms with Gasteiger partial charge in [0.1, 0.15) is 39.4 Å². The van der Waals surface area contributed by atoms with E-state index in [4.69, 9.17) is 30.3 Å². The number of H-pyrrole nitrogens is 6. The monoisotopic (exact) mass is 2020 g/mol. The summed E-state index contributed by atoms with van der Waals surface area (Å²) in [5, 5.41) is 75.0. The molecule has 3 aliphatic rings. The van der Waals surface area contributed by atoms with Gasteiger partial charge < -0.3 is 109 Å². The molecule has 3 fully saturated rings. The maximum atomic E-state index is 12.2. The van der Waals surface area contributed by atoms with Crippen molar-refractivity contribution >= 4 is 70.3 Å². The third-order valence-corrected chi connectivity index (χ3v) is 26.0. The maximum Gasteiger partial charge on any atom is 0.410 e. The molecule has 6 aromatic carbocycles. The molecule has 0 atom stereocenters. The SMILES string of the molecule is CCc1c(-c2ccc(N(CC)CC)cc2)[nH]c(=O)c(C(=O)O)c1O.CCc1c(-c2ccc(N3CCCC3)cc2)[nH]c(=O)c(C(=O)O)c1O.CCc1cc(C(=O)O)c(=O)[nH]c1-c1ccc(-n2cccc2)cc1.CCc1cc(C(=O)O)c(=O)[nH]c1-c1ccc(N(CC)CC)cc1.CCc1cc(C(=O)O)c(=O)[nH]c1-c1ccc(N2CCCC2)cc1.CCc1cc(C(=O)O)c(=O)[nH]c1-c1ccc(N2CCN(C(=O)OC(C)(C)C)CC2)cc1. The lowest BCUT2D eigenvalue weighted by molar-refractivity contribution is 0.0239. The second-order valence-electron chi connectivity index (χ2n) is 36.2. The number of piperazine rings is 1. The molecule has 3 saturated heterocycles. The molecule has 0 aliphatic carbocycles. The highest BCUT2D eigenvalue weighted by Crippen LogP contribution is 2.37. The number of amides is 1. The van der Waals surface area contributed by atoms with Crippen LogP contribution >= 0.6 is 0 Å². The quantitative estimate of drug-likeness (QED) is 0.0216. The summed E-state index contributed by atoms with van der Waals surface area (Å²) in [5.74, 6) is -8.63. The Morgan fingerprint density at radius 2 is 0.554 bits per heavy atom. The van der Waals surface area contributed by atoms with E-state index >= 15 is 0 Å². The number of hydrogen-bond acceptors (Lipinski definition) is 21. The number of carbonyl (C=O) groups is 7. The molecule has 35 heteroatoms. The first kappa shape index (κ1) is 111. The van der Waals surface area contributed by atoms with Gasteiger partial charge in [-0.15, -0.1) is 0 Å². The largest absolute Gasteiger partial charge is 0.506 e. The molecular formula is C113H129N13O22. The minimum atomic E-state index is -1.44. The van der Waals surface area contributed by atoms with Crippen LogP contribution in [0.3, 0.4) is 0 Å². The molecule has 0 spiro atoms. The molecule has 7 aromatic heterocycles. The summed E-state index contributed by atoms with van der Waals surface area (Å²) >= 11 is 0. The third-order valence-electron chi connectivity index (χ3n) is 26.0. The van der Waals surface area contributed by atoms with Gasteiger partial charge in [0.2, 0.25) is 0 Å². The number of aromatic carboxylic acids is 6. The Bertz CT molecular complexity index is 7010. The molecule has 0 bridgehead atoms. The van der Waals surface area contributed by atoms with E-state index in [1.807, 2.05) is 211 Å². The van der Waals surface area contributed by atoms with Crippen LogP contribution in [0.1, 0.15) is 211 Å². The fourth-order valence-electron chi connectivity index (χ4n) is 18.0. The van der Waals surface area contributed by atoms with Gasteiger partial charge in [0, 0.05) is 136 Å². The summed E-state index contributed by atoms with van der Waals surface area (Å²) in [6.07, 6.45) is 11.8. The van der Waals surface area contributed by atoms with Crippen molar-refractivity contribution in [2.45, 2.75) is 160 Å². The average molecular weight is 2020 g/mol. The summed E-state index contributed by atoms with van der Waals surface area (Å²) in [6, 6.07) is 56.7. The third kappa shape index (κ3) is 27.1. The van der Waals surface area contributed by atoms with Crippen LogP contribution in [0.15, 0.2) is 223 Å². The Kier molecular flexibility index (Phi) is 38.3. The van der Waals surface area contributed by atoms with Crippen LogP contribution in [0.2, 0.25) is 0 Å². The van der Waals surface area contributed by atoms with Crippen molar-refractivity contribution < 1.29 is 79.2 Å². The molecule has 10 heterocycles. The molecule has 0 radical (unpaired) electrons. The minimum absolute atomic E-state index is 0.209. The van der Waals surface area contributed by atoms with E-state index in [1.165, 1.54) is 55.6 Å². The molecule has 0 saturated carbocycles. The van der Waals surface area contributed by atoms with E-state index in [1.54, 1.807) is 18.7 Å². The molecule has 778 valence electrons. The van der Waals surface area contributed by atoms with Gasteiger partial charge in [-0.1, -0.05) is 114 Å². The molecule has 3 aliphatic heterocycles. The van der Waals surface area contributed by atoms with Gasteiger partial charge >= 0.3 is 41.9 Å². The number of carbonyl (C=O) groups excluding carboxylic acids is 1. The van der Waals surface area contributed by atoms with Crippen LogP contribution in [0, 0.1) is 0 Å². The van der Waals surface area contributed by atoms with E-state index in [0.29, 0.717) is 110 Å². The molecular weight excluding hydrogens is 1890 g/mol. The Morgan fingerprint density at radius 1 is 0.311 bits per heavy atom. The lowest BCUT2D eigenvalue weighted by atomic mass is 10.0. The Hall–Kier alpha value is -17.0. The molecule has 35 nitrogen and oxygen atoms in total. The fourth-order valence-corrected chi connectivity index (χ4v) is 18.0. The van der Waals surface area contributed by atoms with Gasteiger partial charge in [-0.05, 0) is 278 Å². The molecule has 16 rings (SSSR count). The van der Waals surface area contributed by atoms with Gasteiger partial charge in [-0.2, -0.15) is 0 Å². The Labute approximate surface area is 855 Å². The van der Waals surface area contributed by atoms with Gasteiger partial charge in [0.05, 0.1) is 34.2 Å². The van der Waals surface area contributed by atoms with Crippen LogP contribution in [-0.4, -0.2) is 206 Å². The van der Waals surface area contributed by atoms with Crippen LogP contribution in [-0.2, 0) is 43.3 Å². The molecule has 1 amide bonds. The van der Waals surface area contributed by atoms with Crippen molar-refractivity contribution in [2.24, 2.45) is 0 Å². The van der Waals surface area contributed by atoms with Crippen LogP contribution in [0.25, 0.3) is 73.2 Å². The highest BCUT2D eigenvalue weighted by molar-refractivity contribution is 5.94. The highest BCUT2D eigenvalue weighted by atomic mass is 16.6. The van der Waals surface area contributed by atoms with Crippen molar-refractivity contribution in [1.82, 2.24) is 39.4 Å². The summed E-state index contributed by atoms with van der Waals surface area (Å²) in [7, 11) is 0. The normalized spacial score (nSPS) is 12.5. The van der Waals surface area contributed by atoms with Crippen molar-refractivity contribution in [3.63, 3.8) is 0 Å². The second kappa shape index (κ2) is 51.0. The number of carboxylic acid groups (broad SMARTS) is 6. The van der Waals surface area contributed by atoms with Gasteiger partial charge in [0.25, 0.3) is 33.4 Å². The smallest absolute Gasteiger partial charge is 0.410 e. The Balaban J connectivity index is 0.000000169. The Morgan fingerprint density at radius 3 is 0.791 bits per heavy atom. The lowest BCUT2D eigenvalue weighted by Gasteiger charge is -2.36. The fraction of sp³-hybridized carbons (Fsp3) is 0.319. The van der Waals surface area contributed by atoms with Crippen LogP contribution < -0.4 is 57.9 Å². The van der Waals surface area contributed by atoms with Gasteiger partial charge in [0.15, 0.2) is 11.1 Å². The number of anilines is 5. The zero-order chi connectivity index (χ0) is 108. The molecule has 0 unspecified atom stereocenters. The number of pyridine rings is 6. The van der Waals surface area contributed by atoms with Gasteiger partial charge in [-0.3, -0.25) is 28.8 Å². The topological polar surface area (TPSA) is 512 Å². The standard InChI is InChI=1S/C23H29N3O5.C18H20N2O4.C18H22N2O4.C18H20N2O3.C18H16N2O3.C18H22N2O3/c1-5-15-14-18(21(28)29)20(27)24-19(15)16-6-8-17(9-7-16)25-10-12-26(13-11-25)22(30)31-23(2,3)4;1-2-13-15(19-17(22)14(16(13)21)18(23)24)11-5-7-12(8-6-11)20-9-3-4-10-20;1-4-13-15(19-17(22)14(16(13)21)18(23)24)11-7-9-12(10-8-11)20(5-2)6-3;2*1-2-12-11-15(18(22)23)17(21)19-16(12)13-5-7-14(8-6-13)20-9-3-4-10-20;1-4-12-11-15(18(22)23)17(21)19-16(12)13-7-9-14(10-8-13)20(5-2)6-3/h6-9,14H,5,10-13H2,1-4H3,(H,24,27)(H,28,29);5-8H,2-4,9-10H2,1H3,(H,23,24)(H2,19,21,22);7-10H,4-6H2,1-3H3,(H,23,24)(H2,19,21,22);5-8,11H,2-4,9-10H2,1H3,(H,19,21)(H,22,23);3-11H,2H2,1H3,(H,19,21)(H,22,23);7-11H,4-6H2,1-3H3,(H,19,21)(H,22,23). The maximum absolute atomic E-state index is 12.2. The van der Waals surface area contributed by atoms with Crippen molar-refractivity contribution in [3.05, 3.63) is 323 Å². The number of nitrogens with zero attached hydrogens (tertiary/aromatic N) is 7. The molecule has 13 aromatic rings.